The highest BCUT2D eigenvalue weighted by atomic mass is 32.2. The highest BCUT2D eigenvalue weighted by Gasteiger charge is 2.35. The van der Waals surface area contributed by atoms with E-state index < -0.39 is 16.1 Å². The number of piperazine rings is 1. The van der Waals surface area contributed by atoms with Gasteiger partial charge >= 0.3 is 0 Å². The Morgan fingerprint density at radius 2 is 1.74 bits per heavy atom. The molecule has 1 saturated heterocycles. The van der Waals surface area contributed by atoms with E-state index in [2.05, 4.69) is 26.7 Å². The summed E-state index contributed by atoms with van der Waals surface area (Å²) in [5.74, 6) is 1.07. The van der Waals surface area contributed by atoms with Crippen LogP contribution in [-0.2, 0) is 21.4 Å². The average molecular weight is 499 g/mol. The molecule has 0 spiro atoms. The van der Waals surface area contributed by atoms with Gasteiger partial charge in [-0.1, -0.05) is 44.5 Å². The van der Waals surface area contributed by atoms with Gasteiger partial charge in [0, 0.05) is 38.3 Å². The number of carbonyl (C=O) groups excluding carboxylic acids is 1. The number of hydrogen-bond donors (Lipinski definition) is 1. The fourth-order valence-corrected chi connectivity index (χ4v) is 5.69. The molecule has 0 radical (unpaired) electrons. The lowest BCUT2D eigenvalue weighted by atomic mass is 9.97. The molecule has 2 heterocycles. The van der Waals surface area contributed by atoms with E-state index in [1.165, 1.54) is 5.56 Å². The van der Waals surface area contributed by atoms with Gasteiger partial charge in [-0.15, -0.1) is 0 Å². The Hall–Kier alpha value is -2.91. The van der Waals surface area contributed by atoms with Crippen molar-refractivity contribution in [3.05, 3.63) is 59.7 Å². The number of amidine groups is 1. The van der Waals surface area contributed by atoms with Crippen LogP contribution in [0.15, 0.2) is 58.4 Å². The third kappa shape index (κ3) is 5.67. The fraction of sp³-hybridized carbons (Fsp3) is 0.462. The van der Waals surface area contributed by atoms with Gasteiger partial charge in [-0.2, -0.15) is 0 Å². The molecular weight excluding hydrogens is 464 g/mol. The number of fused-ring (bicyclic) bond motifs is 1. The number of ether oxygens (including phenoxy) is 1. The van der Waals surface area contributed by atoms with Crippen LogP contribution in [0.25, 0.3) is 0 Å². The molecule has 2 aliphatic heterocycles. The Labute approximate surface area is 208 Å². The molecule has 1 N–H and O–H groups in total. The van der Waals surface area contributed by atoms with Gasteiger partial charge in [0.25, 0.3) is 10.0 Å². The highest BCUT2D eigenvalue weighted by Crippen LogP contribution is 2.25. The van der Waals surface area contributed by atoms with E-state index in [-0.39, 0.29) is 22.6 Å². The van der Waals surface area contributed by atoms with Crippen molar-refractivity contribution in [1.82, 2.24) is 14.5 Å². The molecule has 0 aromatic heterocycles. The van der Waals surface area contributed by atoms with Gasteiger partial charge in [-0.05, 0) is 42.7 Å². The van der Waals surface area contributed by atoms with E-state index in [1.54, 1.807) is 24.3 Å². The summed E-state index contributed by atoms with van der Waals surface area (Å²) in [6.07, 6.45) is 0.763. The first-order valence-electron chi connectivity index (χ1n) is 12.2. The van der Waals surface area contributed by atoms with Crippen molar-refractivity contribution in [2.75, 3.05) is 32.8 Å². The van der Waals surface area contributed by atoms with Crippen LogP contribution in [0.4, 0.5) is 0 Å². The molecule has 2 aliphatic rings. The van der Waals surface area contributed by atoms with Crippen LogP contribution in [0.2, 0.25) is 0 Å². The maximum absolute atomic E-state index is 13.5. The first-order chi connectivity index (χ1) is 16.8. The Bertz CT molecular complexity index is 1170. The van der Waals surface area contributed by atoms with Crippen molar-refractivity contribution in [3.63, 3.8) is 0 Å². The molecule has 9 heteroatoms. The van der Waals surface area contributed by atoms with Gasteiger partial charge in [-0.3, -0.25) is 19.4 Å². The number of sulfonamides is 1. The second-order valence-corrected chi connectivity index (χ2v) is 10.7. The summed E-state index contributed by atoms with van der Waals surface area (Å²) in [5, 5.41) is 0. The number of hydrogen-bond acceptors (Lipinski definition) is 6. The molecule has 188 valence electrons. The van der Waals surface area contributed by atoms with Crippen LogP contribution in [0.5, 0.6) is 5.75 Å². The van der Waals surface area contributed by atoms with E-state index in [4.69, 9.17) is 4.74 Å². The molecule has 0 bridgehead atoms. The number of carbonyl (C=O) groups is 1. The van der Waals surface area contributed by atoms with Crippen LogP contribution in [0.1, 0.15) is 38.3 Å². The van der Waals surface area contributed by atoms with Crippen molar-refractivity contribution < 1.29 is 17.9 Å². The summed E-state index contributed by atoms with van der Waals surface area (Å²) in [6.45, 7) is 10.2. The van der Waals surface area contributed by atoms with Crippen molar-refractivity contribution >= 4 is 21.8 Å². The van der Waals surface area contributed by atoms with Gasteiger partial charge in [0.2, 0.25) is 5.91 Å². The van der Waals surface area contributed by atoms with Crippen LogP contribution < -0.4 is 9.46 Å². The molecular formula is C26H34N4O4S. The van der Waals surface area contributed by atoms with Gasteiger partial charge in [0.15, 0.2) is 0 Å². The summed E-state index contributed by atoms with van der Waals surface area (Å²) in [4.78, 5) is 22.6. The molecule has 2 atom stereocenters. The summed E-state index contributed by atoms with van der Waals surface area (Å²) < 4.78 is 33.0. The second kappa shape index (κ2) is 10.8. The van der Waals surface area contributed by atoms with Gasteiger partial charge in [0.05, 0.1) is 11.5 Å². The Morgan fingerprint density at radius 3 is 2.40 bits per heavy atom. The zero-order valence-corrected chi connectivity index (χ0v) is 21.4. The minimum atomic E-state index is -3.65. The van der Waals surface area contributed by atoms with Crippen molar-refractivity contribution in [3.8, 4) is 5.75 Å². The largest absolute Gasteiger partial charge is 0.494 e. The first-order valence-corrected chi connectivity index (χ1v) is 13.7. The van der Waals surface area contributed by atoms with Crippen molar-refractivity contribution in [1.29, 1.82) is 0 Å². The van der Waals surface area contributed by atoms with Crippen molar-refractivity contribution in [2.45, 2.75) is 44.7 Å². The summed E-state index contributed by atoms with van der Waals surface area (Å²) in [5.41, 5.74) is 1.73. The number of nitrogens with zero attached hydrogens (tertiary/aromatic N) is 3. The molecule has 1 fully saturated rings. The lowest BCUT2D eigenvalue weighted by Gasteiger charge is -2.36. The molecule has 1 amide bonds. The van der Waals surface area contributed by atoms with Gasteiger partial charge in [0.1, 0.15) is 17.6 Å². The summed E-state index contributed by atoms with van der Waals surface area (Å²) in [6, 6.07) is 14.3. The molecule has 0 aliphatic carbocycles. The Morgan fingerprint density at radius 1 is 1.06 bits per heavy atom. The molecule has 8 nitrogen and oxygen atoms in total. The number of benzene rings is 2. The minimum Gasteiger partial charge on any atom is -0.494 e. The van der Waals surface area contributed by atoms with Crippen molar-refractivity contribution in [2.24, 2.45) is 10.9 Å². The van der Waals surface area contributed by atoms with E-state index >= 15 is 0 Å². The molecule has 4 rings (SSSR count). The van der Waals surface area contributed by atoms with Gasteiger partial charge < -0.3 is 9.64 Å². The SMILES string of the molecule is CCOc1ccc(CN2CCN(C(=O)[C@@H](N=C3NS(=O)(=O)c4ccccc43)[C@@H](C)CC)CC2)cc1. The molecule has 0 saturated carbocycles. The maximum Gasteiger partial charge on any atom is 0.263 e. The highest BCUT2D eigenvalue weighted by molar-refractivity contribution is 7.90. The minimum absolute atomic E-state index is 0.0193. The average Bonchev–Trinajstić information content (AvgIpc) is 3.13. The maximum atomic E-state index is 13.5. The lowest BCUT2D eigenvalue weighted by molar-refractivity contribution is -0.135. The van der Waals surface area contributed by atoms with Crippen LogP contribution >= 0.6 is 0 Å². The normalized spacial score (nSPS) is 20.2. The predicted octanol–water partition coefficient (Wildman–Crippen LogP) is 2.88. The Balaban J connectivity index is 1.43. The third-order valence-corrected chi connectivity index (χ3v) is 8.09. The predicted molar refractivity (Wildman–Crippen MR) is 136 cm³/mol. The van der Waals surface area contributed by atoms with Crippen LogP contribution in [0, 0.1) is 5.92 Å². The van der Waals surface area contributed by atoms with E-state index in [9.17, 15) is 13.2 Å². The summed E-state index contributed by atoms with van der Waals surface area (Å²) in [7, 11) is -3.65. The molecule has 0 unspecified atom stereocenters. The van der Waals surface area contributed by atoms with E-state index in [0.29, 0.717) is 25.3 Å². The van der Waals surface area contributed by atoms with Gasteiger partial charge in [-0.25, -0.2) is 8.42 Å². The number of rotatable bonds is 8. The smallest absolute Gasteiger partial charge is 0.263 e. The fourth-order valence-electron chi connectivity index (χ4n) is 4.45. The quantitative estimate of drug-likeness (QED) is 0.604. The second-order valence-electron chi connectivity index (χ2n) is 9.09. The number of amides is 1. The van der Waals surface area contributed by atoms with E-state index in [0.717, 1.165) is 31.8 Å². The molecule has 2 aromatic rings. The Kier molecular flexibility index (Phi) is 7.76. The number of nitrogens with one attached hydrogen (secondary N) is 1. The zero-order valence-electron chi connectivity index (χ0n) is 20.6. The third-order valence-electron chi connectivity index (χ3n) is 6.69. The molecule has 2 aromatic carbocycles. The first kappa shape index (κ1) is 25.2. The molecule has 35 heavy (non-hydrogen) atoms. The van der Waals surface area contributed by atoms with Crippen LogP contribution in [-0.4, -0.2) is 68.8 Å². The lowest BCUT2D eigenvalue weighted by Crippen LogP contribution is -2.52. The summed E-state index contributed by atoms with van der Waals surface area (Å²) >= 11 is 0. The standard InChI is InChI=1S/C26H34N4O4S/c1-4-19(3)24(27-25-22-8-6-7-9-23(22)35(32,33)28-25)26(31)30-16-14-29(15-17-30)18-20-10-12-21(13-11-20)34-5-2/h6-13,19,24H,4-5,14-18H2,1-3H3,(H,27,28)/t19-,24-/m0/s1. The number of aliphatic imine (C=N–C) groups is 1. The van der Waals surface area contributed by atoms with Crippen LogP contribution in [0.3, 0.4) is 0 Å². The van der Waals surface area contributed by atoms with E-state index in [1.807, 2.05) is 37.8 Å². The topological polar surface area (TPSA) is 91.3 Å². The zero-order chi connectivity index (χ0) is 25.0. The monoisotopic (exact) mass is 498 g/mol.